The van der Waals surface area contributed by atoms with Gasteiger partial charge in [0.25, 0.3) is 5.91 Å². The highest BCUT2D eigenvalue weighted by Crippen LogP contribution is 2.08. The first kappa shape index (κ1) is 11.4. The number of hydrogen-bond donors (Lipinski definition) is 2. The van der Waals surface area contributed by atoms with E-state index in [1.807, 2.05) is 18.7 Å². The van der Waals surface area contributed by atoms with Crippen LogP contribution in [0.5, 0.6) is 0 Å². The van der Waals surface area contributed by atoms with E-state index in [-0.39, 0.29) is 5.69 Å². The summed E-state index contributed by atoms with van der Waals surface area (Å²) in [5.41, 5.74) is 1.62. The molecule has 1 heterocycles. The molecule has 1 aromatic heterocycles. The number of anilines is 1. The van der Waals surface area contributed by atoms with Gasteiger partial charge >= 0.3 is 0 Å². The molecule has 6 heteroatoms. The molecule has 0 saturated carbocycles. The Kier molecular flexibility index (Phi) is 3.99. The van der Waals surface area contributed by atoms with Crippen molar-refractivity contribution in [3.8, 4) is 0 Å². The lowest BCUT2D eigenvalue weighted by Gasteiger charge is -2.19. The highest BCUT2D eigenvalue weighted by molar-refractivity contribution is 5.91. The van der Waals surface area contributed by atoms with Crippen molar-refractivity contribution in [1.82, 2.24) is 15.4 Å². The zero-order valence-corrected chi connectivity index (χ0v) is 8.77. The quantitative estimate of drug-likeness (QED) is 0.557. The monoisotopic (exact) mass is 210 g/mol. The van der Waals surface area contributed by atoms with Crippen molar-refractivity contribution >= 4 is 11.7 Å². The van der Waals surface area contributed by atoms with E-state index in [1.54, 1.807) is 6.20 Å². The highest BCUT2D eigenvalue weighted by Gasteiger charge is 2.09. The van der Waals surface area contributed by atoms with Crippen molar-refractivity contribution < 1.29 is 10.0 Å². The maximum Gasteiger partial charge on any atom is 0.294 e. The average molecular weight is 210 g/mol. The lowest BCUT2D eigenvalue weighted by molar-refractivity contribution is 0.0700. The zero-order valence-electron chi connectivity index (χ0n) is 8.77. The van der Waals surface area contributed by atoms with Crippen molar-refractivity contribution in [3.63, 3.8) is 0 Å². The molecule has 0 unspecified atom stereocenters. The summed E-state index contributed by atoms with van der Waals surface area (Å²) in [7, 11) is 0. The number of carbonyl (C=O) groups excluding carboxylic acids is 1. The summed E-state index contributed by atoms with van der Waals surface area (Å²) in [4.78, 5) is 21.0. The van der Waals surface area contributed by atoms with Crippen LogP contribution in [0, 0.1) is 0 Å². The molecule has 0 aromatic carbocycles. The number of amides is 1. The second-order valence-electron chi connectivity index (χ2n) is 2.88. The molecule has 0 bridgehead atoms. The van der Waals surface area contributed by atoms with E-state index in [9.17, 15) is 4.79 Å². The molecule has 15 heavy (non-hydrogen) atoms. The minimum Gasteiger partial charge on any atom is -0.356 e. The molecule has 0 aliphatic rings. The van der Waals surface area contributed by atoms with Crippen LogP contribution in [0.25, 0.3) is 0 Å². The Morgan fingerprint density at radius 3 is 2.67 bits per heavy atom. The Labute approximate surface area is 87.9 Å². The van der Waals surface area contributed by atoms with Crippen LogP contribution in [0.1, 0.15) is 24.3 Å². The van der Waals surface area contributed by atoms with Crippen LogP contribution in [0.2, 0.25) is 0 Å². The third-order valence-corrected chi connectivity index (χ3v) is 2.04. The molecule has 6 nitrogen and oxygen atoms in total. The van der Waals surface area contributed by atoms with E-state index < -0.39 is 5.91 Å². The summed E-state index contributed by atoms with van der Waals surface area (Å²) in [5.74, 6) is -0.0300. The van der Waals surface area contributed by atoms with Gasteiger partial charge < -0.3 is 4.90 Å². The zero-order chi connectivity index (χ0) is 11.3. The fourth-order valence-corrected chi connectivity index (χ4v) is 1.22. The number of carbonyl (C=O) groups is 1. The molecule has 82 valence electrons. The Morgan fingerprint density at radius 2 is 2.13 bits per heavy atom. The normalized spacial score (nSPS) is 9.80. The fraction of sp³-hybridized carbons (Fsp3) is 0.444. The molecule has 1 rings (SSSR count). The molecular formula is C9H14N4O2. The van der Waals surface area contributed by atoms with E-state index in [0.29, 0.717) is 5.82 Å². The van der Waals surface area contributed by atoms with Crippen LogP contribution in [0.15, 0.2) is 12.4 Å². The van der Waals surface area contributed by atoms with Crippen molar-refractivity contribution in [1.29, 1.82) is 0 Å². The lowest BCUT2D eigenvalue weighted by Crippen LogP contribution is -2.25. The minimum absolute atomic E-state index is 0.0990. The van der Waals surface area contributed by atoms with Gasteiger partial charge in [-0.25, -0.2) is 10.5 Å². The molecule has 1 aromatic rings. The number of hydroxylamine groups is 1. The molecule has 0 aliphatic carbocycles. The smallest absolute Gasteiger partial charge is 0.294 e. The Morgan fingerprint density at radius 1 is 1.47 bits per heavy atom. The SMILES string of the molecule is CCN(CC)c1cncc(C(=O)NO)n1. The predicted molar refractivity (Wildman–Crippen MR) is 54.8 cm³/mol. The summed E-state index contributed by atoms with van der Waals surface area (Å²) in [6.45, 7) is 5.55. The van der Waals surface area contributed by atoms with E-state index in [1.165, 1.54) is 11.7 Å². The molecule has 0 aliphatic heterocycles. The first-order chi connectivity index (χ1) is 7.22. The Hall–Kier alpha value is -1.69. The van der Waals surface area contributed by atoms with E-state index in [2.05, 4.69) is 9.97 Å². The third-order valence-electron chi connectivity index (χ3n) is 2.04. The summed E-state index contributed by atoms with van der Waals surface area (Å²) in [6.07, 6.45) is 2.89. The maximum atomic E-state index is 11.1. The second-order valence-corrected chi connectivity index (χ2v) is 2.88. The molecule has 2 N–H and O–H groups in total. The summed E-state index contributed by atoms with van der Waals surface area (Å²) >= 11 is 0. The van der Waals surface area contributed by atoms with Crippen LogP contribution in [0.4, 0.5) is 5.82 Å². The summed E-state index contributed by atoms with van der Waals surface area (Å²) in [5, 5.41) is 8.45. The standard InChI is InChI=1S/C9H14N4O2/c1-3-13(4-2)8-6-10-5-7(11-8)9(14)12-15/h5-6,15H,3-4H2,1-2H3,(H,12,14). The van der Waals surface area contributed by atoms with Crippen molar-refractivity contribution in [3.05, 3.63) is 18.1 Å². The van der Waals surface area contributed by atoms with Crippen LogP contribution in [-0.2, 0) is 0 Å². The number of nitrogens with zero attached hydrogens (tertiary/aromatic N) is 3. The van der Waals surface area contributed by atoms with Gasteiger partial charge in [-0.2, -0.15) is 0 Å². The second kappa shape index (κ2) is 5.26. The number of nitrogens with one attached hydrogen (secondary N) is 1. The van der Waals surface area contributed by atoms with Gasteiger partial charge in [-0.05, 0) is 13.8 Å². The van der Waals surface area contributed by atoms with E-state index >= 15 is 0 Å². The van der Waals surface area contributed by atoms with Gasteiger partial charge in [0.15, 0.2) is 5.69 Å². The first-order valence-electron chi connectivity index (χ1n) is 4.74. The van der Waals surface area contributed by atoms with Gasteiger partial charge in [-0.1, -0.05) is 0 Å². The highest BCUT2D eigenvalue weighted by atomic mass is 16.5. The van der Waals surface area contributed by atoms with Crippen LogP contribution in [-0.4, -0.2) is 34.2 Å². The summed E-state index contributed by atoms with van der Waals surface area (Å²) in [6, 6.07) is 0. The van der Waals surface area contributed by atoms with E-state index in [0.717, 1.165) is 13.1 Å². The van der Waals surface area contributed by atoms with Crippen LogP contribution < -0.4 is 10.4 Å². The topological polar surface area (TPSA) is 78.4 Å². The molecule has 1 amide bonds. The Bertz CT molecular complexity index is 339. The van der Waals surface area contributed by atoms with Gasteiger partial charge in [-0.15, -0.1) is 0 Å². The van der Waals surface area contributed by atoms with Crippen LogP contribution in [0.3, 0.4) is 0 Å². The predicted octanol–water partition coefficient (Wildman–Crippen LogP) is 0.442. The van der Waals surface area contributed by atoms with Crippen LogP contribution >= 0.6 is 0 Å². The Balaban J connectivity index is 2.96. The largest absolute Gasteiger partial charge is 0.356 e. The van der Waals surface area contributed by atoms with Gasteiger partial charge in [0.2, 0.25) is 0 Å². The maximum absolute atomic E-state index is 11.1. The molecule has 0 spiro atoms. The fourth-order valence-electron chi connectivity index (χ4n) is 1.22. The average Bonchev–Trinajstić information content (AvgIpc) is 2.30. The van der Waals surface area contributed by atoms with Gasteiger partial charge in [-0.3, -0.25) is 15.0 Å². The van der Waals surface area contributed by atoms with Crippen molar-refractivity contribution in [2.24, 2.45) is 0 Å². The molecule has 0 atom stereocenters. The number of rotatable bonds is 4. The van der Waals surface area contributed by atoms with Gasteiger partial charge in [0.05, 0.1) is 12.4 Å². The minimum atomic E-state index is -0.656. The number of hydrogen-bond acceptors (Lipinski definition) is 5. The van der Waals surface area contributed by atoms with Gasteiger partial charge in [0.1, 0.15) is 5.82 Å². The third kappa shape index (κ3) is 2.63. The first-order valence-corrected chi connectivity index (χ1v) is 4.74. The molecule has 0 fully saturated rings. The molecule has 0 saturated heterocycles. The molecule has 0 radical (unpaired) electrons. The van der Waals surface area contributed by atoms with E-state index in [4.69, 9.17) is 5.21 Å². The lowest BCUT2D eigenvalue weighted by atomic mass is 10.4. The van der Waals surface area contributed by atoms with Crippen molar-refractivity contribution in [2.75, 3.05) is 18.0 Å². The van der Waals surface area contributed by atoms with Crippen molar-refractivity contribution in [2.45, 2.75) is 13.8 Å². The summed E-state index contributed by atoms with van der Waals surface area (Å²) < 4.78 is 0. The molecular weight excluding hydrogens is 196 g/mol. The number of aromatic nitrogens is 2. The van der Waals surface area contributed by atoms with Gasteiger partial charge in [0, 0.05) is 13.1 Å².